The summed E-state index contributed by atoms with van der Waals surface area (Å²) in [5.41, 5.74) is 2.36. The first-order valence-corrected chi connectivity index (χ1v) is 10.4. The summed E-state index contributed by atoms with van der Waals surface area (Å²) in [6.07, 6.45) is 2.12. The number of rotatable bonds is 2. The van der Waals surface area contributed by atoms with Crippen LogP contribution < -0.4 is 10.2 Å². The molecule has 0 saturated carbocycles. The summed E-state index contributed by atoms with van der Waals surface area (Å²) in [6, 6.07) is 15.2. The average molecular weight is 356 g/mol. The van der Waals surface area contributed by atoms with Gasteiger partial charge >= 0.3 is 0 Å². The minimum atomic E-state index is -3.47. The van der Waals surface area contributed by atoms with E-state index in [1.807, 2.05) is 18.2 Å². The van der Waals surface area contributed by atoms with Gasteiger partial charge in [-0.15, -0.1) is 0 Å². The van der Waals surface area contributed by atoms with Crippen LogP contribution in [0.25, 0.3) is 0 Å². The normalized spacial score (nSPS) is 26.0. The van der Waals surface area contributed by atoms with Gasteiger partial charge in [-0.2, -0.15) is 0 Å². The molecule has 0 aromatic heterocycles. The number of fused-ring (bicyclic) bond motifs is 3. The molecule has 2 unspecified atom stereocenters. The lowest BCUT2D eigenvalue weighted by molar-refractivity contribution is 0.496. The first kappa shape index (κ1) is 16.6. The fourth-order valence-electron chi connectivity index (χ4n) is 4.33. The molecule has 5 heteroatoms. The van der Waals surface area contributed by atoms with Gasteiger partial charge in [-0.1, -0.05) is 18.2 Å². The Morgan fingerprint density at radius 3 is 2.60 bits per heavy atom. The molecule has 132 valence electrons. The van der Waals surface area contributed by atoms with Crippen molar-refractivity contribution in [1.29, 1.82) is 0 Å². The molecule has 2 heterocycles. The van der Waals surface area contributed by atoms with Gasteiger partial charge in [0.15, 0.2) is 0 Å². The zero-order chi connectivity index (χ0) is 17.6. The molecule has 2 aliphatic heterocycles. The van der Waals surface area contributed by atoms with Gasteiger partial charge in [-0.25, -0.2) is 8.42 Å². The molecule has 0 amide bonds. The van der Waals surface area contributed by atoms with Crippen LogP contribution in [-0.2, 0) is 9.84 Å². The van der Waals surface area contributed by atoms with Crippen molar-refractivity contribution in [1.82, 2.24) is 5.32 Å². The minimum Gasteiger partial charge on any atom is -0.371 e. The largest absolute Gasteiger partial charge is 0.371 e. The highest BCUT2D eigenvalue weighted by Gasteiger charge is 2.39. The smallest absolute Gasteiger partial charge is 0.206 e. The number of hydrogen-bond donors (Lipinski definition) is 1. The third-order valence-corrected chi connectivity index (χ3v) is 7.41. The molecule has 25 heavy (non-hydrogen) atoms. The highest BCUT2D eigenvalue weighted by atomic mass is 32.2. The van der Waals surface area contributed by atoms with Crippen molar-refractivity contribution in [3.63, 3.8) is 0 Å². The van der Waals surface area contributed by atoms with E-state index >= 15 is 0 Å². The summed E-state index contributed by atoms with van der Waals surface area (Å²) < 4.78 is 26.0. The van der Waals surface area contributed by atoms with Crippen LogP contribution in [0, 0.1) is 0 Å². The van der Waals surface area contributed by atoms with Crippen molar-refractivity contribution < 1.29 is 8.42 Å². The number of benzene rings is 2. The van der Waals surface area contributed by atoms with E-state index in [1.54, 1.807) is 30.3 Å². The molecule has 1 N–H and O–H groups in total. The SMILES string of the molecule is CC1C[C@H]2c3cc(S(=O)(=O)c4ccccc4)ccc3N(C)C2CCN1. The van der Waals surface area contributed by atoms with E-state index in [2.05, 4.69) is 24.2 Å². The summed E-state index contributed by atoms with van der Waals surface area (Å²) in [5.74, 6) is 0.385. The Kier molecular flexibility index (Phi) is 4.08. The zero-order valence-electron chi connectivity index (χ0n) is 14.6. The van der Waals surface area contributed by atoms with Crippen LogP contribution in [-0.4, -0.2) is 34.1 Å². The molecule has 4 nitrogen and oxygen atoms in total. The van der Waals surface area contributed by atoms with Crippen LogP contribution in [0.15, 0.2) is 58.3 Å². The molecule has 4 rings (SSSR count). The molecule has 0 aliphatic carbocycles. The molecule has 2 aromatic carbocycles. The molecule has 0 bridgehead atoms. The number of nitrogens with zero attached hydrogens (tertiary/aromatic N) is 1. The lowest BCUT2D eigenvalue weighted by Crippen LogP contribution is -2.31. The average Bonchev–Trinajstić information content (AvgIpc) is 2.76. The number of nitrogens with one attached hydrogen (secondary N) is 1. The van der Waals surface area contributed by atoms with Crippen LogP contribution in [0.5, 0.6) is 0 Å². The van der Waals surface area contributed by atoms with Gasteiger partial charge in [0.2, 0.25) is 9.84 Å². The molecule has 0 spiro atoms. The van der Waals surface area contributed by atoms with Crippen LogP contribution in [0.3, 0.4) is 0 Å². The van der Waals surface area contributed by atoms with E-state index in [1.165, 1.54) is 11.3 Å². The van der Waals surface area contributed by atoms with Crippen molar-refractivity contribution in [3.05, 3.63) is 54.1 Å². The maximum Gasteiger partial charge on any atom is 0.206 e. The standard InChI is InChI=1S/C20H24N2O2S/c1-14-12-17-18-13-16(25(23,24)15-6-4-3-5-7-15)8-9-19(18)22(2)20(17)10-11-21-14/h3-9,13-14,17,20-21H,10-12H2,1-2H3/t14?,17-,20?/m0/s1. The number of hydrogen-bond acceptors (Lipinski definition) is 4. The van der Waals surface area contributed by atoms with E-state index in [0.717, 1.165) is 19.4 Å². The topological polar surface area (TPSA) is 49.4 Å². The van der Waals surface area contributed by atoms with Gasteiger partial charge in [0, 0.05) is 30.7 Å². The molecule has 0 radical (unpaired) electrons. The van der Waals surface area contributed by atoms with Crippen molar-refractivity contribution in [2.75, 3.05) is 18.5 Å². The van der Waals surface area contributed by atoms with Crippen LogP contribution in [0.2, 0.25) is 0 Å². The number of sulfone groups is 1. The second kappa shape index (κ2) is 6.15. The quantitative estimate of drug-likeness (QED) is 0.898. The highest BCUT2D eigenvalue weighted by Crippen LogP contribution is 2.45. The fourth-order valence-corrected chi connectivity index (χ4v) is 5.65. The van der Waals surface area contributed by atoms with Crippen LogP contribution in [0.1, 0.15) is 31.2 Å². The molecular weight excluding hydrogens is 332 g/mol. The maximum absolute atomic E-state index is 13.0. The van der Waals surface area contributed by atoms with Gasteiger partial charge in [0.05, 0.1) is 9.79 Å². The molecule has 3 atom stereocenters. The molecular formula is C20H24N2O2S. The maximum atomic E-state index is 13.0. The summed E-state index contributed by atoms with van der Waals surface area (Å²) in [5, 5.41) is 3.55. The van der Waals surface area contributed by atoms with Gasteiger partial charge in [0.1, 0.15) is 0 Å². The summed E-state index contributed by atoms with van der Waals surface area (Å²) in [7, 11) is -1.34. The predicted molar refractivity (Wildman–Crippen MR) is 100.0 cm³/mol. The first-order valence-electron chi connectivity index (χ1n) is 8.89. The Morgan fingerprint density at radius 1 is 1.08 bits per heavy atom. The van der Waals surface area contributed by atoms with Crippen molar-refractivity contribution >= 4 is 15.5 Å². The lowest BCUT2D eigenvalue weighted by Gasteiger charge is -2.25. The third-order valence-electron chi connectivity index (χ3n) is 5.64. The van der Waals surface area contributed by atoms with E-state index in [0.29, 0.717) is 27.8 Å². The van der Waals surface area contributed by atoms with Crippen molar-refractivity contribution in [2.45, 2.75) is 47.6 Å². The van der Waals surface area contributed by atoms with E-state index in [9.17, 15) is 8.42 Å². The second-order valence-corrected chi connectivity index (χ2v) is 9.15. The Balaban J connectivity index is 1.78. The lowest BCUT2D eigenvalue weighted by atomic mass is 9.89. The Hall–Kier alpha value is -1.85. The molecule has 2 aromatic rings. The minimum absolute atomic E-state index is 0.355. The van der Waals surface area contributed by atoms with E-state index in [-0.39, 0.29) is 0 Å². The predicted octanol–water partition coefficient (Wildman–Crippen LogP) is 3.19. The van der Waals surface area contributed by atoms with Gasteiger partial charge in [-0.3, -0.25) is 0 Å². The highest BCUT2D eigenvalue weighted by molar-refractivity contribution is 7.91. The van der Waals surface area contributed by atoms with E-state index < -0.39 is 9.84 Å². The Labute approximate surface area is 149 Å². The van der Waals surface area contributed by atoms with E-state index in [4.69, 9.17) is 0 Å². The fraction of sp³-hybridized carbons (Fsp3) is 0.400. The second-order valence-electron chi connectivity index (χ2n) is 7.20. The summed E-state index contributed by atoms with van der Waals surface area (Å²) in [6.45, 7) is 3.22. The molecule has 2 aliphatic rings. The third kappa shape index (κ3) is 2.75. The molecule has 1 fully saturated rings. The molecule has 1 saturated heterocycles. The number of anilines is 1. The van der Waals surface area contributed by atoms with Gasteiger partial charge in [0.25, 0.3) is 0 Å². The Morgan fingerprint density at radius 2 is 1.84 bits per heavy atom. The summed E-state index contributed by atoms with van der Waals surface area (Å²) in [4.78, 5) is 3.09. The van der Waals surface area contributed by atoms with Gasteiger partial charge < -0.3 is 10.2 Å². The Bertz CT molecular complexity index is 880. The van der Waals surface area contributed by atoms with Crippen molar-refractivity contribution in [3.8, 4) is 0 Å². The van der Waals surface area contributed by atoms with Gasteiger partial charge in [-0.05, 0) is 62.2 Å². The number of likely N-dealkylation sites (N-methyl/N-ethyl adjacent to an activating group) is 1. The van der Waals surface area contributed by atoms with Crippen LogP contribution >= 0.6 is 0 Å². The monoisotopic (exact) mass is 356 g/mol. The zero-order valence-corrected chi connectivity index (χ0v) is 15.5. The first-order chi connectivity index (χ1) is 12.0. The summed E-state index contributed by atoms with van der Waals surface area (Å²) >= 11 is 0. The van der Waals surface area contributed by atoms with Crippen LogP contribution in [0.4, 0.5) is 5.69 Å². The van der Waals surface area contributed by atoms with Crippen molar-refractivity contribution in [2.24, 2.45) is 0 Å².